The van der Waals surface area contributed by atoms with Crippen molar-refractivity contribution in [2.75, 3.05) is 21.3 Å². The molecule has 0 fully saturated rings. The average molecular weight is 267 g/mol. The Balaban J connectivity index is 2.83. The Morgan fingerprint density at radius 3 is 2.26 bits per heavy atom. The maximum absolute atomic E-state index is 5.42. The molecule has 0 heterocycles. The zero-order valence-corrected chi connectivity index (χ0v) is 12.5. The molecule has 0 aromatic heterocycles. The summed E-state index contributed by atoms with van der Waals surface area (Å²) in [7, 11) is 4.99. The number of methoxy groups -OCH3 is 3. The van der Waals surface area contributed by atoms with E-state index < -0.39 is 0 Å². The Bertz CT molecular complexity index is 366. The van der Waals surface area contributed by atoms with Crippen LogP contribution in [-0.4, -0.2) is 33.7 Å². The number of ether oxygens (including phenoxy) is 3. The summed E-state index contributed by atoms with van der Waals surface area (Å²) >= 11 is 0. The van der Waals surface area contributed by atoms with Gasteiger partial charge in [-0.3, -0.25) is 0 Å². The fourth-order valence-corrected chi connectivity index (χ4v) is 2.28. The molecule has 19 heavy (non-hydrogen) atoms. The second-order valence-electron chi connectivity index (χ2n) is 4.50. The first-order chi connectivity index (χ1) is 9.17. The largest absolute Gasteiger partial charge is 0.496 e. The van der Waals surface area contributed by atoms with Gasteiger partial charge in [-0.1, -0.05) is 25.1 Å². The number of hydrogen-bond donors (Lipinski definition) is 1. The molecular weight excluding hydrogens is 242 g/mol. The van der Waals surface area contributed by atoms with Gasteiger partial charge >= 0.3 is 0 Å². The third-order valence-corrected chi connectivity index (χ3v) is 3.26. The van der Waals surface area contributed by atoms with Crippen LogP contribution in [0.15, 0.2) is 24.3 Å². The van der Waals surface area contributed by atoms with Crippen LogP contribution < -0.4 is 10.1 Å². The van der Waals surface area contributed by atoms with Crippen molar-refractivity contribution in [1.82, 2.24) is 5.32 Å². The predicted octanol–water partition coefficient (Wildman–Crippen LogP) is 2.74. The van der Waals surface area contributed by atoms with Gasteiger partial charge in [0.2, 0.25) is 0 Å². The van der Waals surface area contributed by atoms with Gasteiger partial charge in [0.15, 0.2) is 6.29 Å². The molecule has 0 spiro atoms. The van der Waals surface area contributed by atoms with Gasteiger partial charge in [-0.2, -0.15) is 0 Å². The van der Waals surface area contributed by atoms with Crippen molar-refractivity contribution in [2.45, 2.75) is 38.6 Å². The highest BCUT2D eigenvalue weighted by Gasteiger charge is 2.21. The number of nitrogens with one attached hydrogen (secondary N) is 1. The Hall–Kier alpha value is -1.10. The summed E-state index contributed by atoms with van der Waals surface area (Å²) in [6.45, 7) is 4.20. The van der Waals surface area contributed by atoms with Crippen molar-refractivity contribution in [1.29, 1.82) is 0 Å². The highest BCUT2D eigenvalue weighted by atomic mass is 16.7. The standard InChI is InChI=1S/C15H25NO3/c1-6-13(16-11(2)15(18-4)19-5)12-9-7-8-10-14(12)17-3/h7-11,13,15-16H,6H2,1-5H3. The molecule has 0 aliphatic carbocycles. The van der Waals surface area contributed by atoms with Crippen LogP contribution in [-0.2, 0) is 9.47 Å². The lowest BCUT2D eigenvalue weighted by Gasteiger charge is -2.28. The molecule has 0 aliphatic rings. The average Bonchev–Trinajstić information content (AvgIpc) is 2.46. The van der Waals surface area contributed by atoms with Crippen molar-refractivity contribution in [3.63, 3.8) is 0 Å². The first kappa shape index (κ1) is 16.0. The molecule has 0 saturated carbocycles. The van der Waals surface area contributed by atoms with E-state index in [1.165, 1.54) is 0 Å². The molecule has 1 N–H and O–H groups in total. The number of benzene rings is 1. The summed E-state index contributed by atoms with van der Waals surface area (Å²) in [5.41, 5.74) is 1.16. The molecule has 0 amide bonds. The zero-order chi connectivity index (χ0) is 14.3. The van der Waals surface area contributed by atoms with E-state index in [-0.39, 0.29) is 18.4 Å². The lowest BCUT2D eigenvalue weighted by molar-refractivity contribution is -0.121. The minimum atomic E-state index is -0.260. The van der Waals surface area contributed by atoms with Crippen molar-refractivity contribution in [3.8, 4) is 5.75 Å². The highest BCUT2D eigenvalue weighted by Crippen LogP contribution is 2.27. The van der Waals surface area contributed by atoms with Gasteiger partial charge in [-0.25, -0.2) is 0 Å². The van der Waals surface area contributed by atoms with Crippen LogP contribution in [0.1, 0.15) is 31.9 Å². The molecule has 1 aromatic carbocycles. The van der Waals surface area contributed by atoms with Gasteiger partial charge in [0.25, 0.3) is 0 Å². The maximum atomic E-state index is 5.42. The lowest BCUT2D eigenvalue weighted by atomic mass is 10.0. The van der Waals surface area contributed by atoms with Gasteiger partial charge in [-0.15, -0.1) is 0 Å². The molecule has 108 valence electrons. The van der Waals surface area contributed by atoms with Crippen LogP contribution in [0.25, 0.3) is 0 Å². The topological polar surface area (TPSA) is 39.7 Å². The number of hydrogen-bond acceptors (Lipinski definition) is 4. The van der Waals surface area contributed by atoms with E-state index in [1.54, 1.807) is 21.3 Å². The van der Waals surface area contributed by atoms with E-state index in [2.05, 4.69) is 25.2 Å². The van der Waals surface area contributed by atoms with Crippen LogP contribution >= 0.6 is 0 Å². The van der Waals surface area contributed by atoms with Crippen LogP contribution in [0.4, 0.5) is 0 Å². The molecule has 1 aromatic rings. The van der Waals surface area contributed by atoms with Crippen LogP contribution in [0.5, 0.6) is 5.75 Å². The normalized spacial score (nSPS) is 14.4. The van der Waals surface area contributed by atoms with Crippen LogP contribution in [0.3, 0.4) is 0 Å². The molecular formula is C15H25NO3. The van der Waals surface area contributed by atoms with Crippen molar-refractivity contribution in [3.05, 3.63) is 29.8 Å². The maximum Gasteiger partial charge on any atom is 0.171 e. The highest BCUT2D eigenvalue weighted by molar-refractivity contribution is 5.35. The van der Waals surface area contributed by atoms with E-state index in [9.17, 15) is 0 Å². The van der Waals surface area contributed by atoms with Crippen LogP contribution in [0, 0.1) is 0 Å². The molecule has 2 unspecified atom stereocenters. The van der Waals surface area contributed by atoms with E-state index in [0.29, 0.717) is 0 Å². The molecule has 4 nitrogen and oxygen atoms in total. The summed E-state index contributed by atoms with van der Waals surface area (Å²) in [6.07, 6.45) is 0.703. The molecule has 0 radical (unpaired) electrons. The van der Waals surface area contributed by atoms with Gasteiger partial charge in [0.1, 0.15) is 5.75 Å². The summed E-state index contributed by atoms with van der Waals surface area (Å²) in [5.74, 6) is 0.903. The third-order valence-electron chi connectivity index (χ3n) is 3.26. The Labute approximate surface area is 116 Å². The third kappa shape index (κ3) is 4.20. The lowest BCUT2D eigenvalue weighted by Crippen LogP contribution is -2.41. The summed E-state index contributed by atoms with van der Waals surface area (Å²) in [4.78, 5) is 0. The first-order valence-electron chi connectivity index (χ1n) is 6.62. The van der Waals surface area contributed by atoms with Crippen molar-refractivity contribution in [2.24, 2.45) is 0 Å². The van der Waals surface area contributed by atoms with Crippen LogP contribution in [0.2, 0.25) is 0 Å². The SMILES string of the molecule is CCC(NC(C)C(OC)OC)c1ccccc1OC. The fraction of sp³-hybridized carbons (Fsp3) is 0.600. The molecule has 0 aliphatic heterocycles. The number of rotatable bonds is 8. The summed E-state index contributed by atoms with van der Waals surface area (Å²) in [6, 6.07) is 8.36. The molecule has 0 saturated heterocycles. The van der Waals surface area contributed by atoms with E-state index in [1.807, 2.05) is 18.2 Å². The predicted molar refractivity (Wildman–Crippen MR) is 76.4 cm³/mol. The molecule has 1 rings (SSSR count). The Morgan fingerprint density at radius 1 is 1.11 bits per heavy atom. The molecule has 4 heteroatoms. The van der Waals surface area contributed by atoms with E-state index >= 15 is 0 Å². The molecule has 0 bridgehead atoms. The van der Waals surface area contributed by atoms with Gasteiger partial charge < -0.3 is 19.5 Å². The molecule has 2 atom stereocenters. The van der Waals surface area contributed by atoms with E-state index in [0.717, 1.165) is 17.7 Å². The summed E-state index contributed by atoms with van der Waals surface area (Å²) < 4.78 is 16.0. The van der Waals surface area contributed by atoms with Crippen molar-refractivity contribution >= 4 is 0 Å². The zero-order valence-electron chi connectivity index (χ0n) is 12.5. The van der Waals surface area contributed by atoms with Crippen molar-refractivity contribution < 1.29 is 14.2 Å². The monoisotopic (exact) mass is 267 g/mol. The fourth-order valence-electron chi connectivity index (χ4n) is 2.28. The number of para-hydroxylation sites is 1. The Kier molecular flexibility index (Phi) is 6.84. The first-order valence-corrected chi connectivity index (χ1v) is 6.62. The van der Waals surface area contributed by atoms with Gasteiger partial charge in [-0.05, 0) is 19.4 Å². The van der Waals surface area contributed by atoms with E-state index in [4.69, 9.17) is 14.2 Å². The summed E-state index contributed by atoms with van der Waals surface area (Å²) in [5, 5.41) is 3.53. The second kappa shape index (κ2) is 8.15. The minimum absolute atomic E-state index is 0.0878. The Morgan fingerprint density at radius 2 is 1.74 bits per heavy atom. The minimum Gasteiger partial charge on any atom is -0.496 e. The second-order valence-corrected chi connectivity index (χ2v) is 4.50. The van der Waals surface area contributed by atoms with Gasteiger partial charge in [0, 0.05) is 25.8 Å². The van der Waals surface area contributed by atoms with Gasteiger partial charge in [0.05, 0.1) is 13.2 Å². The smallest absolute Gasteiger partial charge is 0.171 e. The quantitative estimate of drug-likeness (QED) is 0.735.